The van der Waals surface area contributed by atoms with Crippen molar-refractivity contribution in [2.45, 2.75) is 25.3 Å². The second kappa shape index (κ2) is 6.53. The van der Waals surface area contributed by atoms with Crippen molar-refractivity contribution in [2.24, 2.45) is 0 Å². The van der Waals surface area contributed by atoms with Crippen LogP contribution in [0.5, 0.6) is 0 Å². The summed E-state index contributed by atoms with van der Waals surface area (Å²) < 4.78 is 38.2. The van der Waals surface area contributed by atoms with Gasteiger partial charge in [0.15, 0.2) is 0 Å². The number of sulfonamides is 1. The fourth-order valence-electron chi connectivity index (χ4n) is 2.53. The van der Waals surface area contributed by atoms with Gasteiger partial charge in [-0.05, 0) is 30.5 Å². The summed E-state index contributed by atoms with van der Waals surface area (Å²) in [6.07, 6.45) is 2.76. The van der Waals surface area contributed by atoms with E-state index in [0.717, 1.165) is 18.2 Å². The monoisotopic (exact) mass is 314 g/mol. The summed E-state index contributed by atoms with van der Waals surface area (Å²) in [5, 5.41) is 0. The van der Waals surface area contributed by atoms with E-state index in [2.05, 4.69) is 4.72 Å². The van der Waals surface area contributed by atoms with Crippen molar-refractivity contribution in [3.05, 3.63) is 35.6 Å². The fraction of sp³-hybridized carbons (Fsp3) is 0.500. The molecule has 116 valence electrons. The molecule has 21 heavy (non-hydrogen) atoms. The molecule has 1 N–H and O–H groups in total. The van der Waals surface area contributed by atoms with E-state index in [4.69, 9.17) is 0 Å². The number of nitrogens with one attached hydrogen (secondary N) is 1. The first-order valence-electron chi connectivity index (χ1n) is 6.84. The van der Waals surface area contributed by atoms with Crippen LogP contribution < -0.4 is 4.72 Å². The number of nitrogens with zero attached hydrogens (tertiary/aromatic N) is 1. The first kappa shape index (κ1) is 15.9. The molecule has 0 aromatic heterocycles. The molecule has 1 atom stereocenters. The molecule has 1 heterocycles. The molecule has 1 aromatic carbocycles. The molecule has 1 amide bonds. The number of hydrogen-bond donors (Lipinski definition) is 1. The first-order valence-corrected chi connectivity index (χ1v) is 8.73. The Labute approximate surface area is 124 Å². The summed E-state index contributed by atoms with van der Waals surface area (Å²) in [6, 6.07) is 5.85. The lowest BCUT2D eigenvalue weighted by Gasteiger charge is -2.28. The first-order chi connectivity index (χ1) is 9.85. The minimum atomic E-state index is -3.33. The third kappa shape index (κ3) is 4.78. The van der Waals surface area contributed by atoms with Crippen molar-refractivity contribution in [2.75, 3.05) is 19.3 Å². The average molecular weight is 314 g/mol. The van der Waals surface area contributed by atoms with Gasteiger partial charge >= 0.3 is 0 Å². The summed E-state index contributed by atoms with van der Waals surface area (Å²) >= 11 is 0. The molecule has 0 spiro atoms. The normalized spacial score (nSPS) is 17.2. The van der Waals surface area contributed by atoms with E-state index < -0.39 is 10.0 Å². The summed E-state index contributed by atoms with van der Waals surface area (Å²) in [6.45, 7) is 0.755. The molecular weight excluding hydrogens is 295 g/mol. The number of hydrogen-bond acceptors (Lipinski definition) is 3. The predicted molar refractivity (Wildman–Crippen MR) is 77.7 cm³/mol. The Balaban J connectivity index is 2.13. The van der Waals surface area contributed by atoms with Crippen LogP contribution >= 0.6 is 0 Å². The van der Waals surface area contributed by atoms with Crippen LogP contribution in [0.25, 0.3) is 0 Å². The van der Waals surface area contributed by atoms with E-state index in [-0.39, 0.29) is 24.3 Å². The average Bonchev–Trinajstić information content (AvgIpc) is 2.80. The Morgan fingerprint density at radius 3 is 2.76 bits per heavy atom. The van der Waals surface area contributed by atoms with Crippen molar-refractivity contribution in [1.82, 2.24) is 9.62 Å². The lowest BCUT2D eigenvalue weighted by molar-refractivity contribution is -0.129. The molecule has 1 aromatic rings. The highest BCUT2D eigenvalue weighted by atomic mass is 32.2. The fourth-order valence-corrected chi connectivity index (χ4v) is 3.03. The second-order valence-corrected chi connectivity index (χ2v) is 7.13. The van der Waals surface area contributed by atoms with Gasteiger partial charge in [-0.15, -0.1) is 0 Å². The molecule has 0 radical (unpaired) electrons. The Bertz CT molecular complexity index is 618. The molecule has 7 heteroatoms. The van der Waals surface area contributed by atoms with Crippen LogP contribution in [0.2, 0.25) is 0 Å². The highest BCUT2D eigenvalue weighted by Crippen LogP contribution is 2.17. The molecule has 1 aliphatic heterocycles. The predicted octanol–water partition coefficient (Wildman–Crippen LogP) is 0.908. The van der Waals surface area contributed by atoms with Gasteiger partial charge in [0, 0.05) is 25.6 Å². The molecule has 0 aliphatic carbocycles. The molecule has 0 saturated carbocycles. The number of carbonyl (C=O) groups is 1. The number of halogens is 1. The summed E-state index contributed by atoms with van der Waals surface area (Å²) in [5.41, 5.74) is 0.745. The van der Waals surface area contributed by atoms with Gasteiger partial charge in [0.25, 0.3) is 0 Å². The van der Waals surface area contributed by atoms with Crippen LogP contribution in [0, 0.1) is 5.82 Å². The summed E-state index contributed by atoms with van der Waals surface area (Å²) in [5.74, 6) is -0.318. The molecule has 0 bridgehead atoms. The quantitative estimate of drug-likeness (QED) is 0.849. The topological polar surface area (TPSA) is 66.5 Å². The van der Waals surface area contributed by atoms with Crippen LogP contribution in [0.1, 0.15) is 18.4 Å². The third-order valence-electron chi connectivity index (χ3n) is 3.49. The maximum Gasteiger partial charge on any atom is 0.222 e. The van der Waals surface area contributed by atoms with Crippen LogP contribution in [-0.2, 0) is 21.2 Å². The Morgan fingerprint density at radius 1 is 1.43 bits per heavy atom. The third-order valence-corrected chi connectivity index (χ3v) is 4.18. The van der Waals surface area contributed by atoms with Crippen LogP contribution in [0.3, 0.4) is 0 Å². The maximum absolute atomic E-state index is 13.3. The van der Waals surface area contributed by atoms with E-state index in [1.807, 2.05) is 0 Å². The Hall–Kier alpha value is -1.47. The molecule has 0 unspecified atom stereocenters. The van der Waals surface area contributed by atoms with Gasteiger partial charge in [0.2, 0.25) is 15.9 Å². The van der Waals surface area contributed by atoms with Gasteiger partial charge in [0.05, 0.1) is 6.26 Å². The molecular formula is C14H19FN2O3S. The number of benzene rings is 1. The largest absolute Gasteiger partial charge is 0.338 e. The minimum Gasteiger partial charge on any atom is -0.338 e. The summed E-state index contributed by atoms with van der Waals surface area (Å²) in [4.78, 5) is 13.6. The molecule has 1 aliphatic rings. The van der Waals surface area contributed by atoms with E-state index in [0.29, 0.717) is 19.4 Å². The number of rotatable bonds is 6. The summed E-state index contributed by atoms with van der Waals surface area (Å²) in [7, 11) is -3.33. The van der Waals surface area contributed by atoms with Gasteiger partial charge in [-0.25, -0.2) is 17.5 Å². The highest BCUT2D eigenvalue weighted by molar-refractivity contribution is 7.88. The molecule has 2 rings (SSSR count). The van der Waals surface area contributed by atoms with E-state index >= 15 is 0 Å². The zero-order chi connectivity index (χ0) is 15.5. The Morgan fingerprint density at radius 2 is 2.19 bits per heavy atom. The van der Waals surface area contributed by atoms with Crippen molar-refractivity contribution in [1.29, 1.82) is 0 Å². The van der Waals surface area contributed by atoms with Gasteiger partial charge in [-0.3, -0.25) is 4.79 Å². The molecule has 5 nitrogen and oxygen atoms in total. The Kier molecular flexibility index (Phi) is 4.95. The molecule has 1 saturated heterocycles. The van der Waals surface area contributed by atoms with Gasteiger partial charge < -0.3 is 4.90 Å². The number of likely N-dealkylation sites (tertiary alicyclic amines) is 1. The number of carbonyl (C=O) groups excluding carboxylic acids is 1. The van der Waals surface area contributed by atoms with Crippen LogP contribution in [0.15, 0.2) is 24.3 Å². The van der Waals surface area contributed by atoms with Crippen molar-refractivity contribution in [3.63, 3.8) is 0 Å². The SMILES string of the molecule is CS(=O)(=O)NC[C@@H](Cc1cccc(F)c1)N1CCCC1=O. The zero-order valence-electron chi connectivity index (χ0n) is 11.9. The van der Waals surface area contributed by atoms with E-state index in [1.165, 1.54) is 12.1 Å². The van der Waals surface area contributed by atoms with Gasteiger partial charge in [-0.1, -0.05) is 12.1 Å². The van der Waals surface area contributed by atoms with E-state index in [1.54, 1.807) is 17.0 Å². The lowest BCUT2D eigenvalue weighted by Crippen LogP contribution is -2.45. The van der Waals surface area contributed by atoms with Crippen LogP contribution in [-0.4, -0.2) is 44.6 Å². The van der Waals surface area contributed by atoms with Crippen molar-refractivity contribution < 1.29 is 17.6 Å². The standard InChI is InChI=1S/C14H19FN2O3S/c1-21(19,20)16-10-13(17-7-3-6-14(17)18)9-11-4-2-5-12(15)8-11/h2,4-5,8,13,16H,3,6-7,9-10H2,1H3/t13-/m1/s1. The number of amides is 1. The van der Waals surface area contributed by atoms with Crippen molar-refractivity contribution >= 4 is 15.9 Å². The zero-order valence-corrected chi connectivity index (χ0v) is 12.7. The van der Waals surface area contributed by atoms with Gasteiger partial charge in [-0.2, -0.15) is 0 Å². The molecule has 1 fully saturated rings. The van der Waals surface area contributed by atoms with Gasteiger partial charge in [0.1, 0.15) is 5.82 Å². The van der Waals surface area contributed by atoms with E-state index in [9.17, 15) is 17.6 Å². The second-order valence-electron chi connectivity index (χ2n) is 5.30. The van der Waals surface area contributed by atoms with Crippen LogP contribution in [0.4, 0.5) is 4.39 Å². The highest BCUT2D eigenvalue weighted by Gasteiger charge is 2.28. The lowest BCUT2D eigenvalue weighted by atomic mass is 10.0. The maximum atomic E-state index is 13.3. The van der Waals surface area contributed by atoms with Crippen molar-refractivity contribution in [3.8, 4) is 0 Å². The smallest absolute Gasteiger partial charge is 0.222 e. The minimum absolute atomic E-state index is 0.0201.